The van der Waals surface area contributed by atoms with Gasteiger partial charge in [-0.3, -0.25) is 0 Å². The van der Waals surface area contributed by atoms with Crippen LogP contribution in [0.3, 0.4) is 0 Å². The molecule has 2 rings (SSSR count). The van der Waals surface area contributed by atoms with E-state index in [1.165, 1.54) is 29.3 Å². The van der Waals surface area contributed by atoms with Crippen molar-refractivity contribution in [3.8, 4) is 0 Å². The van der Waals surface area contributed by atoms with Crippen LogP contribution in [0.1, 0.15) is 5.56 Å². The lowest BCUT2D eigenvalue weighted by atomic mass is 10.2. The Morgan fingerprint density at radius 2 is 1.75 bits per heavy atom. The van der Waals surface area contributed by atoms with Crippen LogP contribution in [0.15, 0.2) is 46.5 Å². The van der Waals surface area contributed by atoms with E-state index in [1.54, 1.807) is 26.2 Å². The molecule has 1 aromatic carbocycles. The summed E-state index contributed by atoms with van der Waals surface area (Å²) >= 11 is 0. The minimum atomic E-state index is -3.70. The summed E-state index contributed by atoms with van der Waals surface area (Å²) in [6.45, 7) is 1.88. The number of hydrogen-bond acceptors (Lipinski definition) is 4. The molecule has 6 nitrogen and oxygen atoms in total. The average molecular weight is 293 g/mol. The molecule has 106 valence electrons. The first-order chi connectivity index (χ1) is 9.32. The van der Waals surface area contributed by atoms with Crippen molar-refractivity contribution in [1.82, 2.24) is 14.7 Å². The predicted molar refractivity (Wildman–Crippen MR) is 73.3 cm³/mol. The van der Waals surface area contributed by atoms with Crippen molar-refractivity contribution in [2.24, 2.45) is 0 Å². The van der Waals surface area contributed by atoms with Crippen LogP contribution in [0.25, 0.3) is 0 Å². The van der Waals surface area contributed by atoms with Gasteiger partial charge >= 0.3 is 6.03 Å². The highest BCUT2D eigenvalue weighted by Gasteiger charge is 2.22. The zero-order chi connectivity index (χ0) is 14.9. The van der Waals surface area contributed by atoms with Gasteiger partial charge in [0.15, 0.2) is 5.03 Å². The zero-order valence-corrected chi connectivity index (χ0v) is 12.3. The number of rotatable bonds is 2. The molecule has 0 unspecified atom stereocenters. The molecule has 7 heteroatoms. The summed E-state index contributed by atoms with van der Waals surface area (Å²) in [4.78, 5) is 13.2. The summed E-state index contributed by atoms with van der Waals surface area (Å²) in [5.74, 6) is 0. The molecule has 0 aliphatic heterocycles. The summed E-state index contributed by atoms with van der Waals surface area (Å²) in [5, 5.41) is 3.70. The Hall–Kier alpha value is -2.15. The van der Waals surface area contributed by atoms with Crippen LogP contribution in [0, 0.1) is 6.92 Å². The molecule has 0 saturated carbocycles. The average Bonchev–Trinajstić information content (AvgIpc) is 2.88. The molecule has 20 heavy (non-hydrogen) atoms. The van der Waals surface area contributed by atoms with E-state index >= 15 is 0 Å². The molecule has 0 saturated heterocycles. The third-order valence-electron chi connectivity index (χ3n) is 2.75. The SMILES string of the molecule is Cc1ccc(S(=O)(=O)c2ccn(C(=O)N(C)C)n2)cc1. The first-order valence-electron chi connectivity index (χ1n) is 5.91. The maximum Gasteiger partial charge on any atom is 0.344 e. The number of sulfone groups is 1. The number of carbonyl (C=O) groups is 1. The van der Waals surface area contributed by atoms with Crippen molar-refractivity contribution in [1.29, 1.82) is 0 Å². The fraction of sp³-hybridized carbons (Fsp3) is 0.231. The quantitative estimate of drug-likeness (QED) is 0.842. The maximum atomic E-state index is 12.4. The second-order valence-corrected chi connectivity index (χ2v) is 6.49. The molecular formula is C13H15N3O3S. The van der Waals surface area contributed by atoms with Gasteiger partial charge in [0.1, 0.15) is 0 Å². The van der Waals surface area contributed by atoms with Gasteiger partial charge in [0.2, 0.25) is 9.84 Å². The molecule has 1 amide bonds. The number of aryl methyl sites for hydroxylation is 1. The summed E-state index contributed by atoms with van der Waals surface area (Å²) in [7, 11) is -0.562. The van der Waals surface area contributed by atoms with Crippen LogP contribution < -0.4 is 0 Å². The number of hydrogen-bond donors (Lipinski definition) is 0. The molecule has 0 fully saturated rings. The maximum absolute atomic E-state index is 12.4. The molecule has 0 bridgehead atoms. The van der Waals surface area contributed by atoms with Gasteiger partial charge in [0.05, 0.1) is 4.90 Å². The first-order valence-corrected chi connectivity index (χ1v) is 7.40. The Balaban J connectivity index is 2.41. The Morgan fingerprint density at radius 1 is 1.15 bits per heavy atom. The van der Waals surface area contributed by atoms with Gasteiger partial charge in [0.25, 0.3) is 0 Å². The van der Waals surface area contributed by atoms with Crippen molar-refractivity contribution in [3.63, 3.8) is 0 Å². The van der Waals surface area contributed by atoms with Gasteiger partial charge in [-0.2, -0.15) is 9.78 Å². The van der Waals surface area contributed by atoms with Crippen molar-refractivity contribution in [2.45, 2.75) is 16.8 Å². The fourth-order valence-corrected chi connectivity index (χ4v) is 2.77. The fourth-order valence-electron chi connectivity index (χ4n) is 1.60. The molecule has 2 aromatic rings. The Labute approximate surface area is 117 Å². The highest BCUT2D eigenvalue weighted by atomic mass is 32.2. The van der Waals surface area contributed by atoms with Crippen LogP contribution in [0.5, 0.6) is 0 Å². The second kappa shape index (κ2) is 5.09. The van der Waals surface area contributed by atoms with Crippen molar-refractivity contribution in [2.75, 3.05) is 14.1 Å². The number of nitrogens with zero attached hydrogens (tertiary/aromatic N) is 3. The summed E-state index contributed by atoms with van der Waals surface area (Å²) in [6.07, 6.45) is 1.34. The lowest BCUT2D eigenvalue weighted by Gasteiger charge is -2.08. The van der Waals surface area contributed by atoms with E-state index in [2.05, 4.69) is 5.10 Å². The highest BCUT2D eigenvalue weighted by molar-refractivity contribution is 7.91. The normalized spacial score (nSPS) is 11.3. The Morgan fingerprint density at radius 3 is 2.30 bits per heavy atom. The van der Waals surface area contributed by atoms with E-state index in [4.69, 9.17) is 0 Å². The van der Waals surface area contributed by atoms with Crippen molar-refractivity contribution < 1.29 is 13.2 Å². The van der Waals surface area contributed by atoms with Crippen LogP contribution in [0.4, 0.5) is 4.79 Å². The predicted octanol–water partition coefficient (Wildman–Crippen LogP) is 1.55. The van der Waals surface area contributed by atoms with E-state index in [-0.39, 0.29) is 9.92 Å². The van der Waals surface area contributed by atoms with Gasteiger partial charge < -0.3 is 4.90 Å². The van der Waals surface area contributed by atoms with Crippen molar-refractivity contribution >= 4 is 15.9 Å². The number of aromatic nitrogens is 2. The number of benzene rings is 1. The minimum Gasteiger partial charge on any atom is -0.329 e. The molecule has 1 heterocycles. The minimum absolute atomic E-state index is 0.142. The lowest BCUT2D eigenvalue weighted by molar-refractivity contribution is 0.215. The van der Waals surface area contributed by atoms with E-state index in [0.717, 1.165) is 10.2 Å². The third kappa shape index (κ3) is 2.57. The monoisotopic (exact) mass is 293 g/mol. The van der Waals surface area contributed by atoms with E-state index in [1.807, 2.05) is 6.92 Å². The first kappa shape index (κ1) is 14.3. The van der Waals surface area contributed by atoms with Crippen molar-refractivity contribution in [3.05, 3.63) is 42.1 Å². The molecule has 0 spiro atoms. The molecule has 0 atom stereocenters. The molecule has 0 aliphatic carbocycles. The van der Waals surface area contributed by atoms with Crippen LogP contribution in [-0.4, -0.2) is 43.2 Å². The molecule has 1 aromatic heterocycles. The van der Waals surface area contributed by atoms with E-state index in [0.29, 0.717) is 0 Å². The van der Waals surface area contributed by atoms with E-state index in [9.17, 15) is 13.2 Å². The van der Waals surface area contributed by atoms with Gasteiger partial charge in [-0.25, -0.2) is 13.2 Å². The smallest absolute Gasteiger partial charge is 0.329 e. The van der Waals surface area contributed by atoms with Crippen LogP contribution in [-0.2, 0) is 9.84 Å². The Kier molecular flexibility index (Phi) is 3.63. The molecule has 0 aliphatic rings. The number of carbonyl (C=O) groups excluding carboxylic acids is 1. The van der Waals surface area contributed by atoms with Gasteiger partial charge in [-0.05, 0) is 25.1 Å². The summed E-state index contributed by atoms with van der Waals surface area (Å²) < 4.78 is 25.7. The number of amides is 1. The largest absolute Gasteiger partial charge is 0.344 e. The zero-order valence-electron chi connectivity index (χ0n) is 11.4. The van der Waals surface area contributed by atoms with Gasteiger partial charge in [-0.15, -0.1) is 0 Å². The lowest BCUT2D eigenvalue weighted by Crippen LogP contribution is -2.27. The van der Waals surface area contributed by atoms with Crippen LogP contribution in [0.2, 0.25) is 0 Å². The van der Waals surface area contributed by atoms with Gasteiger partial charge in [-0.1, -0.05) is 17.7 Å². The highest BCUT2D eigenvalue weighted by Crippen LogP contribution is 2.19. The molecule has 0 radical (unpaired) electrons. The standard InChI is InChI=1S/C13H15N3O3S/c1-10-4-6-11(7-5-10)20(18,19)12-8-9-16(14-12)13(17)15(2)3/h4-9H,1-3H3. The summed E-state index contributed by atoms with van der Waals surface area (Å²) in [6, 6.07) is 7.39. The topological polar surface area (TPSA) is 72.3 Å². The second-order valence-electron chi connectivity index (χ2n) is 4.59. The van der Waals surface area contributed by atoms with Gasteiger partial charge in [0, 0.05) is 20.3 Å². The third-order valence-corrected chi connectivity index (χ3v) is 4.41. The summed E-state index contributed by atoms with van der Waals surface area (Å²) in [5.41, 5.74) is 0.970. The molecule has 0 N–H and O–H groups in total. The molecular weight excluding hydrogens is 278 g/mol. The van der Waals surface area contributed by atoms with E-state index < -0.39 is 15.9 Å². The van der Waals surface area contributed by atoms with Crippen LogP contribution >= 0.6 is 0 Å². The Bertz CT molecular complexity index is 730.